The van der Waals surface area contributed by atoms with Gasteiger partial charge in [0.15, 0.2) is 0 Å². The van der Waals surface area contributed by atoms with E-state index < -0.39 is 0 Å². The minimum atomic E-state index is -0.245. The fraction of sp³-hybridized carbons (Fsp3) is 0. The topological polar surface area (TPSA) is 26.0 Å². The highest BCUT2D eigenvalue weighted by Gasteiger charge is 2.01. The molecule has 0 aliphatic heterocycles. The van der Waals surface area contributed by atoms with Crippen LogP contribution in [0.5, 0.6) is 0 Å². The Balaban J connectivity index is 2.55. The van der Waals surface area contributed by atoms with Crippen LogP contribution in [0.4, 0.5) is 10.1 Å². The molecule has 70 valence electrons. The van der Waals surface area contributed by atoms with Gasteiger partial charge in [-0.25, -0.2) is 4.39 Å². The fourth-order valence-electron chi connectivity index (χ4n) is 1.42. The second-order valence-corrected chi connectivity index (χ2v) is 3.10. The monoisotopic (exact) mass is 187 g/mol. The third-order valence-electron chi connectivity index (χ3n) is 2.10. The largest absolute Gasteiger partial charge is 0.398 e. The molecule has 0 aliphatic carbocycles. The lowest BCUT2D eigenvalue weighted by Gasteiger charge is -2.04. The van der Waals surface area contributed by atoms with E-state index in [1.165, 1.54) is 12.1 Å². The van der Waals surface area contributed by atoms with Gasteiger partial charge in [0.25, 0.3) is 0 Å². The van der Waals surface area contributed by atoms with Gasteiger partial charge in [-0.3, -0.25) is 0 Å². The van der Waals surface area contributed by atoms with E-state index in [0.717, 1.165) is 11.1 Å². The van der Waals surface area contributed by atoms with Crippen LogP contribution in [-0.2, 0) is 0 Å². The molecule has 2 N–H and O–H groups in total. The molecule has 0 spiro atoms. The molecule has 0 amide bonds. The van der Waals surface area contributed by atoms with Crippen LogP contribution in [0.15, 0.2) is 48.5 Å². The number of halogens is 1. The molecule has 0 unspecified atom stereocenters. The smallest absolute Gasteiger partial charge is 0.123 e. The molecule has 0 bridgehead atoms. The van der Waals surface area contributed by atoms with Crippen molar-refractivity contribution in [2.24, 2.45) is 0 Å². The van der Waals surface area contributed by atoms with Crippen molar-refractivity contribution >= 4 is 5.69 Å². The summed E-state index contributed by atoms with van der Waals surface area (Å²) < 4.78 is 12.9. The molecule has 0 saturated carbocycles. The average molecular weight is 187 g/mol. The summed E-state index contributed by atoms with van der Waals surface area (Å²) in [6, 6.07) is 13.8. The van der Waals surface area contributed by atoms with E-state index >= 15 is 0 Å². The summed E-state index contributed by atoms with van der Waals surface area (Å²) in [6.45, 7) is 0. The van der Waals surface area contributed by atoms with Gasteiger partial charge in [-0.1, -0.05) is 30.3 Å². The zero-order chi connectivity index (χ0) is 9.97. The quantitative estimate of drug-likeness (QED) is 0.682. The number of nitrogens with two attached hydrogens (primary N) is 1. The lowest BCUT2D eigenvalue weighted by atomic mass is 10.0. The Morgan fingerprint density at radius 2 is 1.71 bits per heavy atom. The zero-order valence-electron chi connectivity index (χ0n) is 7.57. The Morgan fingerprint density at radius 1 is 0.929 bits per heavy atom. The van der Waals surface area contributed by atoms with Crippen molar-refractivity contribution in [1.82, 2.24) is 0 Å². The summed E-state index contributed by atoms with van der Waals surface area (Å²) in [4.78, 5) is 0. The summed E-state index contributed by atoms with van der Waals surface area (Å²) >= 11 is 0. The maximum absolute atomic E-state index is 12.9. The highest BCUT2D eigenvalue weighted by molar-refractivity contribution is 5.75. The molecule has 0 fully saturated rings. The number of hydrogen-bond acceptors (Lipinski definition) is 1. The van der Waals surface area contributed by atoms with Crippen molar-refractivity contribution in [3.63, 3.8) is 0 Å². The number of rotatable bonds is 1. The molecule has 2 aromatic rings. The Bertz CT molecular complexity index is 452. The molecular weight excluding hydrogens is 177 g/mol. The van der Waals surface area contributed by atoms with Crippen molar-refractivity contribution in [2.75, 3.05) is 5.73 Å². The predicted octanol–water partition coefficient (Wildman–Crippen LogP) is 3.07. The second-order valence-electron chi connectivity index (χ2n) is 3.10. The fourth-order valence-corrected chi connectivity index (χ4v) is 1.42. The number of anilines is 1. The van der Waals surface area contributed by atoms with Gasteiger partial charge in [-0.05, 0) is 23.8 Å². The molecule has 2 aromatic carbocycles. The molecule has 2 rings (SSSR count). The van der Waals surface area contributed by atoms with Crippen molar-refractivity contribution in [1.29, 1.82) is 0 Å². The number of hydrogen-bond donors (Lipinski definition) is 1. The Kier molecular flexibility index (Phi) is 2.19. The first kappa shape index (κ1) is 8.75. The van der Waals surface area contributed by atoms with Crippen molar-refractivity contribution in [2.45, 2.75) is 0 Å². The molecule has 0 heterocycles. The zero-order valence-corrected chi connectivity index (χ0v) is 7.57. The van der Waals surface area contributed by atoms with Gasteiger partial charge < -0.3 is 5.73 Å². The third-order valence-corrected chi connectivity index (χ3v) is 2.10. The van der Waals surface area contributed by atoms with Gasteiger partial charge in [-0.2, -0.15) is 0 Å². The highest BCUT2D eigenvalue weighted by Crippen LogP contribution is 2.25. The standard InChI is InChI=1S/C12H10FN/c13-10-5-3-4-9(8-10)11-6-1-2-7-12(11)14/h1-8H,14H2. The highest BCUT2D eigenvalue weighted by atomic mass is 19.1. The van der Waals surface area contributed by atoms with Crippen molar-refractivity contribution in [3.05, 3.63) is 54.3 Å². The van der Waals surface area contributed by atoms with Gasteiger partial charge in [0, 0.05) is 11.3 Å². The molecule has 2 heteroatoms. The average Bonchev–Trinajstić information content (AvgIpc) is 2.18. The van der Waals surface area contributed by atoms with E-state index in [1.807, 2.05) is 24.3 Å². The molecule has 0 radical (unpaired) electrons. The third kappa shape index (κ3) is 1.59. The second kappa shape index (κ2) is 3.50. The van der Waals surface area contributed by atoms with E-state index in [2.05, 4.69) is 0 Å². The van der Waals surface area contributed by atoms with Gasteiger partial charge in [0.1, 0.15) is 5.82 Å². The maximum atomic E-state index is 12.9. The van der Waals surface area contributed by atoms with E-state index in [4.69, 9.17) is 5.73 Å². The minimum absolute atomic E-state index is 0.245. The summed E-state index contributed by atoms with van der Waals surface area (Å²) in [7, 11) is 0. The van der Waals surface area contributed by atoms with Crippen LogP contribution >= 0.6 is 0 Å². The Hall–Kier alpha value is -1.83. The molecule has 0 aliphatic rings. The van der Waals surface area contributed by atoms with Crippen LogP contribution < -0.4 is 5.73 Å². The van der Waals surface area contributed by atoms with E-state index in [1.54, 1.807) is 12.1 Å². The van der Waals surface area contributed by atoms with Crippen LogP contribution in [0, 0.1) is 5.82 Å². The predicted molar refractivity (Wildman–Crippen MR) is 56.2 cm³/mol. The Morgan fingerprint density at radius 3 is 2.43 bits per heavy atom. The van der Waals surface area contributed by atoms with Gasteiger partial charge in [0.2, 0.25) is 0 Å². The SMILES string of the molecule is Nc1ccccc1-c1cccc(F)c1. The van der Waals surface area contributed by atoms with E-state index in [0.29, 0.717) is 5.69 Å². The van der Waals surface area contributed by atoms with Crippen molar-refractivity contribution < 1.29 is 4.39 Å². The van der Waals surface area contributed by atoms with Gasteiger partial charge in [-0.15, -0.1) is 0 Å². The number of nitrogen functional groups attached to an aromatic ring is 1. The molecule has 0 saturated heterocycles. The van der Waals surface area contributed by atoms with Crippen LogP contribution in [-0.4, -0.2) is 0 Å². The summed E-state index contributed by atoms with van der Waals surface area (Å²) in [5.74, 6) is -0.245. The lowest BCUT2D eigenvalue weighted by Crippen LogP contribution is -1.89. The molecular formula is C12H10FN. The van der Waals surface area contributed by atoms with Crippen molar-refractivity contribution in [3.8, 4) is 11.1 Å². The summed E-state index contributed by atoms with van der Waals surface area (Å²) in [5, 5.41) is 0. The molecule has 1 nitrogen and oxygen atoms in total. The first-order valence-electron chi connectivity index (χ1n) is 4.38. The lowest BCUT2D eigenvalue weighted by molar-refractivity contribution is 0.628. The normalized spacial score (nSPS) is 10.1. The number of benzene rings is 2. The van der Waals surface area contributed by atoms with Crippen LogP contribution in [0.25, 0.3) is 11.1 Å². The number of para-hydroxylation sites is 1. The van der Waals surface area contributed by atoms with Crippen LogP contribution in [0.2, 0.25) is 0 Å². The van der Waals surface area contributed by atoms with Crippen LogP contribution in [0.3, 0.4) is 0 Å². The van der Waals surface area contributed by atoms with Gasteiger partial charge in [0.05, 0.1) is 0 Å². The summed E-state index contributed by atoms with van der Waals surface area (Å²) in [5.41, 5.74) is 8.12. The van der Waals surface area contributed by atoms with E-state index in [9.17, 15) is 4.39 Å². The first-order valence-corrected chi connectivity index (χ1v) is 4.38. The Labute approximate surface area is 82.0 Å². The first-order chi connectivity index (χ1) is 6.77. The van der Waals surface area contributed by atoms with Crippen LogP contribution in [0.1, 0.15) is 0 Å². The minimum Gasteiger partial charge on any atom is -0.398 e. The molecule has 14 heavy (non-hydrogen) atoms. The molecule has 0 aromatic heterocycles. The van der Waals surface area contributed by atoms with Gasteiger partial charge >= 0.3 is 0 Å². The molecule has 0 atom stereocenters. The summed E-state index contributed by atoms with van der Waals surface area (Å²) in [6.07, 6.45) is 0. The van der Waals surface area contributed by atoms with E-state index in [-0.39, 0.29) is 5.82 Å². The maximum Gasteiger partial charge on any atom is 0.123 e.